The number of aryl methyl sites for hydroxylation is 1. The number of carbonyl (C=O) groups excluding carboxylic acids is 1. The van der Waals surface area contributed by atoms with E-state index in [1.165, 1.54) is 23.9 Å². The fourth-order valence-corrected chi connectivity index (χ4v) is 4.83. The van der Waals surface area contributed by atoms with Crippen molar-refractivity contribution in [3.05, 3.63) is 111 Å². The molecule has 0 aliphatic carbocycles. The molecule has 11 heteroatoms. The van der Waals surface area contributed by atoms with Crippen LogP contribution in [0.2, 0.25) is 0 Å². The Balaban J connectivity index is 0.00000484. The maximum atomic E-state index is 13.3. The van der Waals surface area contributed by atoms with Gasteiger partial charge in [-0.05, 0) is 71.9 Å². The predicted octanol–water partition coefficient (Wildman–Crippen LogP) is 3.49. The molecular weight excluding hydrogens is 551 g/mol. The number of aliphatic carboxylic acids is 1. The SMILES string of the molecule is CSCCC(NC(=O)c1ccc(COCc2ccc(-c3cccc([N+](=O)[O-])c3)o2)cc1-c1ccccc1C)C(=O)O.[Li+]. The molecule has 0 spiro atoms. The van der Waals surface area contributed by atoms with Crippen molar-refractivity contribution in [1.82, 2.24) is 5.32 Å². The van der Waals surface area contributed by atoms with Crippen LogP contribution in [0.25, 0.3) is 22.5 Å². The first-order valence-corrected chi connectivity index (χ1v) is 14.3. The molecule has 4 rings (SSSR count). The van der Waals surface area contributed by atoms with Crippen LogP contribution >= 0.6 is 11.8 Å². The van der Waals surface area contributed by atoms with Gasteiger partial charge in [-0.15, -0.1) is 0 Å². The number of carboxylic acid groups (broad SMARTS) is 1. The van der Waals surface area contributed by atoms with Gasteiger partial charge in [-0.2, -0.15) is 11.8 Å². The number of nitrogens with zero attached hydrogens (tertiary/aromatic N) is 1. The molecule has 1 amide bonds. The zero-order chi connectivity index (χ0) is 29.4. The van der Waals surface area contributed by atoms with Gasteiger partial charge in [0.05, 0.1) is 11.5 Å². The Hall–Kier alpha value is -3.81. The average molecular weight is 582 g/mol. The minimum atomic E-state index is -1.07. The van der Waals surface area contributed by atoms with Gasteiger partial charge in [0.2, 0.25) is 0 Å². The Morgan fingerprint density at radius 1 is 1.02 bits per heavy atom. The fourth-order valence-electron chi connectivity index (χ4n) is 4.36. The van der Waals surface area contributed by atoms with Gasteiger partial charge in [0, 0.05) is 23.3 Å². The summed E-state index contributed by atoms with van der Waals surface area (Å²) in [4.78, 5) is 35.6. The Morgan fingerprint density at radius 3 is 2.52 bits per heavy atom. The van der Waals surface area contributed by atoms with Crippen LogP contribution in [0.1, 0.15) is 33.7 Å². The van der Waals surface area contributed by atoms with Gasteiger partial charge in [0.25, 0.3) is 11.6 Å². The minimum Gasteiger partial charge on any atom is -0.480 e. The summed E-state index contributed by atoms with van der Waals surface area (Å²) < 4.78 is 11.7. The molecule has 212 valence electrons. The summed E-state index contributed by atoms with van der Waals surface area (Å²) in [6.45, 7) is 2.36. The molecule has 1 unspecified atom stereocenters. The maximum absolute atomic E-state index is 13.3. The van der Waals surface area contributed by atoms with Crippen LogP contribution in [0, 0.1) is 17.0 Å². The standard InChI is InChI=1S/C31H30N2O7S.Li/c1-20-6-3-4-9-25(20)27-16-21(10-12-26(27)30(34)32-28(31(35)36)14-15-41-2)18-39-19-24-11-13-29(40-24)22-7-5-8-23(17-22)33(37)38;/h3-13,16-17,28H,14-15,18-19H2,1-2H3,(H,32,34)(H,35,36);/q;+1. The van der Waals surface area contributed by atoms with Crippen LogP contribution in [-0.4, -0.2) is 40.0 Å². The van der Waals surface area contributed by atoms with Crippen molar-refractivity contribution in [3.63, 3.8) is 0 Å². The van der Waals surface area contributed by atoms with E-state index < -0.39 is 22.8 Å². The van der Waals surface area contributed by atoms with Gasteiger partial charge in [0.15, 0.2) is 0 Å². The molecule has 4 aromatic rings. The molecule has 0 saturated carbocycles. The summed E-state index contributed by atoms with van der Waals surface area (Å²) in [6, 6.07) is 21.8. The van der Waals surface area contributed by atoms with E-state index in [0.29, 0.717) is 40.4 Å². The zero-order valence-corrected chi connectivity index (χ0v) is 24.5. The number of nitrogens with one attached hydrogen (secondary N) is 1. The molecule has 3 aromatic carbocycles. The first-order valence-electron chi connectivity index (χ1n) is 12.9. The molecule has 0 aliphatic rings. The Labute approximate surface area is 260 Å². The zero-order valence-electron chi connectivity index (χ0n) is 23.7. The smallest absolute Gasteiger partial charge is 0.480 e. The molecule has 2 N–H and O–H groups in total. The number of hydrogen-bond donors (Lipinski definition) is 2. The summed E-state index contributed by atoms with van der Waals surface area (Å²) in [5.41, 5.74) is 4.30. The van der Waals surface area contributed by atoms with E-state index in [-0.39, 0.29) is 37.8 Å². The molecule has 0 aliphatic heterocycles. The number of non-ortho nitro benzene ring substituents is 1. The van der Waals surface area contributed by atoms with Crippen molar-refractivity contribution in [2.24, 2.45) is 0 Å². The molecule has 0 radical (unpaired) electrons. The van der Waals surface area contributed by atoms with Crippen molar-refractivity contribution >= 4 is 29.3 Å². The number of ether oxygens (including phenoxy) is 1. The molecule has 9 nitrogen and oxygen atoms in total. The van der Waals surface area contributed by atoms with Crippen LogP contribution < -0.4 is 24.2 Å². The number of benzene rings is 3. The van der Waals surface area contributed by atoms with Gasteiger partial charge < -0.3 is 19.6 Å². The number of thioether (sulfide) groups is 1. The van der Waals surface area contributed by atoms with Crippen LogP contribution in [-0.2, 0) is 22.7 Å². The summed E-state index contributed by atoms with van der Waals surface area (Å²) in [5.74, 6) is 0.156. The number of rotatable bonds is 13. The summed E-state index contributed by atoms with van der Waals surface area (Å²) >= 11 is 1.52. The van der Waals surface area contributed by atoms with E-state index in [2.05, 4.69) is 5.32 Å². The average Bonchev–Trinajstić information content (AvgIpc) is 3.44. The van der Waals surface area contributed by atoms with Crippen molar-refractivity contribution in [3.8, 4) is 22.5 Å². The van der Waals surface area contributed by atoms with E-state index in [9.17, 15) is 24.8 Å². The Morgan fingerprint density at radius 2 is 1.81 bits per heavy atom. The van der Waals surface area contributed by atoms with Crippen molar-refractivity contribution in [2.45, 2.75) is 32.6 Å². The van der Waals surface area contributed by atoms with Crippen molar-refractivity contribution < 1.29 is 47.6 Å². The molecule has 0 saturated heterocycles. The molecular formula is C31H30LiN2O7S+. The van der Waals surface area contributed by atoms with Crippen LogP contribution in [0.5, 0.6) is 0 Å². The molecule has 1 heterocycles. The molecule has 0 fully saturated rings. The van der Waals surface area contributed by atoms with Crippen LogP contribution in [0.15, 0.2) is 83.3 Å². The third-order valence-electron chi connectivity index (χ3n) is 6.49. The third-order valence-corrected chi connectivity index (χ3v) is 7.14. The second-order valence-electron chi connectivity index (χ2n) is 9.41. The number of carboxylic acids is 1. The number of hydrogen-bond acceptors (Lipinski definition) is 7. The first-order chi connectivity index (χ1) is 19.8. The van der Waals surface area contributed by atoms with Gasteiger partial charge in [-0.1, -0.05) is 42.5 Å². The summed E-state index contributed by atoms with van der Waals surface area (Å²) in [6.07, 6.45) is 2.21. The quantitative estimate of drug-likeness (QED) is 0.139. The number of nitro benzene ring substituents is 1. The molecule has 1 atom stereocenters. The van der Waals surface area contributed by atoms with E-state index in [0.717, 1.165) is 16.7 Å². The third kappa shape index (κ3) is 8.36. The minimum absolute atomic E-state index is 0. The fraction of sp³-hybridized carbons (Fsp3) is 0.226. The summed E-state index contributed by atoms with van der Waals surface area (Å²) in [5, 5.41) is 23.3. The number of furan rings is 1. The van der Waals surface area contributed by atoms with Gasteiger partial charge >= 0.3 is 24.8 Å². The van der Waals surface area contributed by atoms with Crippen LogP contribution in [0.4, 0.5) is 5.69 Å². The van der Waals surface area contributed by atoms with Gasteiger partial charge in [-0.3, -0.25) is 14.9 Å². The first kappa shape index (κ1) is 32.7. The maximum Gasteiger partial charge on any atom is 1.00 e. The van der Waals surface area contributed by atoms with Crippen LogP contribution in [0.3, 0.4) is 0 Å². The normalized spacial score (nSPS) is 11.4. The largest absolute Gasteiger partial charge is 1.00 e. The number of nitro groups is 1. The van der Waals surface area contributed by atoms with E-state index in [1.807, 2.05) is 43.5 Å². The van der Waals surface area contributed by atoms with E-state index in [1.54, 1.807) is 36.4 Å². The number of carbonyl (C=O) groups is 2. The molecule has 0 bridgehead atoms. The number of amides is 1. The van der Waals surface area contributed by atoms with Gasteiger partial charge in [0.1, 0.15) is 24.2 Å². The second-order valence-corrected chi connectivity index (χ2v) is 10.4. The second kappa shape index (κ2) is 15.4. The van der Waals surface area contributed by atoms with E-state index >= 15 is 0 Å². The van der Waals surface area contributed by atoms with Crippen molar-refractivity contribution in [1.29, 1.82) is 0 Å². The predicted molar refractivity (Wildman–Crippen MR) is 158 cm³/mol. The van der Waals surface area contributed by atoms with Gasteiger partial charge in [-0.25, -0.2) is 4.79 Å². The van der Waals surface area contributed by atoms with Crippen molar-refractivity contribution in [2.75, 3.05) is 12.0 Å². The molecule has 1 aromatic heterocycles. The topological polar surface area (TPSA) is 132 Å². The molecule has 42 heavy (non-hydrogen) atoms. The Bertz CT molecular complexity index is 1560. The monoisotopic (exact) mass is 581 g/mol. The Kier molecular flexibility index (Phi) is 12.0. The summed E-state index contributed by atoms with van der Waals surface area (Å²) in [7, 11) is 0. The van der Waals surface area contributed by atoms with E-state index in [4.69, 9.17) is 9.15 Å².